The number of thioether (sulfide) groups is 1. The summed E-state index contributed by atoms with van der Waals surface area (Å²) in [5, 5.41) is 12.3. The van der Waals surface area contributed by atoms with Crippen LogP contribution in [0.5, 0.6) is 5.75 Å². The molecule has 0 spiro atoms. The highest BCUT2D eigenvalue weighted by Crippen LogP contribution is 2.30. The summed E-state index contributed by atoms with van der Waals surface area (Å²) < 4.78 is 12.4. The number of aromatic nitrogens is 4. The third kappa shape index (κ3) is 5.64. The van der Waals surface area contributed by atoms with Gasteiger partial charge in [-0.15, -0.1) is 16.9 Å². The van der Waals surface area contributed by atoms with Crippen molar-refractivity contribution in [1.29, 1.82) is 0 Å². The number of hydrogen-bond donors (Lipinski definition) is 0. The molecule has 1 unspecified atom stereocenters. The first kappa shape index (κ1) is 22.3. The second kappa shape index (κ2) is 10.6. The smallest absolute Gasteiger partial charge is 0.315 e. The van der Waals surface area contributed by atoms with Crippen molar-refractivity contribution in [3.05, 3.63) is 30.6 Å². The highest BCUT2D eigenvalue weighted by atomic mass is 32.2. The van der Waals surface area contributed by atoms with Gasteiger partial charge in [-0.05, 0) is 54.5 Å². The number of piperidine rings is 1. The Hall–Kier alpha value is -2.95. The average molecular weight is 459 g/mol. The van der Waals surface area contributed by atoms with Crippen LogP contribution >= 0.6 is 11.8 Å². The first-order valence-corrected chi connectivity index (χ1v) is 11.7. The standard InChI is InChI=1S/C21H26N6O4S/c1-2-30-20(29)11-19(28)26-9-7-15(8-10-26)21-23-16(13-32-21)12-31-18-5-3-17(4-6-18)27-14-22-24-25-27/h3-6,14-16H,2,7-13H2,1H3. The summed E-state index contributed by atoms with van der Waals surface area (Å²) >= 11 is 1.79. The fourth-order valence-corrected chi connectivity index (χ4v) is 4.96. The number of likely N-dealkylation sites (tertiary alicyclic amines) is 1. The molecule has 3 heterocycles. The molecule has 1 amide bonds. The van der Waals surface area contributed by atoms with Gasteiger partial charge in [0.25, 0.3) is 0 Å². The molecule has 1 atom stereocenters. The molecule has 0 bridgehead atoms. The number of benzene rings is 1. The molecule has 1 aromatic heterocycles. The minimum Gasteiger partial charge on any atom is -0.491 e. The maximum absolute atomic E-state index is 12.2. The molecule has 1 aromatic carbocycles. The van der Waals surface area contributed by atoms with Crippen molar-refractivity contribution < 1.29 is 19.1 Å². The first-order valence-electron chi connectivity index (χ1n) is 10.7. The molecule has 1 saturated heterocycles. The van der Waals surface area contributed by atoms with Gasteiger partial charge in [-0.25, -0.2) is 4.68 Å². The summed E-state index contributed by atoms with van der Waals surface area (Å²) in [4.78, 5) is 30.4. The predicted octanol–water partition coefficient (Wildman–Crippen LogP) is 1.75. The van der Waals surface area contributed by atoms with Gasteiger partial charge >= 0.3 is 5.97 Å². The molecule has 2 aromatic rings. The summed E-state index contributed by atoms with van der Waals surface area (Å²) in [5.41, 5.74) is 0.867. The van der Waals surface area contributed by atoms with Crippen LogP contribution in [0.15, 0.2) is 35.6 Å². The lowest BCUT2D eigenvalue weighted by Crippen LogP contribution is -2.40. The van der Waals surface area contributed by atoms with Gasteiger partial charge in [0.1, 0.15) is 25.1 Å². The molecule has 11 heteroatoms. The molecule has 1 fully saturated rings. The molecule has 4 rings (SSSR count). The Morgan fingerprint density at radius 2 is 1.97 bits per heavy atom. The van der Waals surface area contributed by atoms with E-state index in [0.29, 0.717) is 32.2 Å². The van der Waals surface area contributed by atoms with Crippen LogP contribution in [-0.4, -0.2) is 80.1 Å². The summed E-state index contributed by atoms with van der Waals surface area (Å²) in [6.45, 7) is 3.86. The van der Waals surface area contributed by atoms with Gasteiger partial charge in [0.2, 0.25) is 5.91 Å². The minimum atomic E-state index is -0.455. The number of tetrazole rings is 1. The van der Waals surface area contributed by atoms with Gasteiger partial charge < -0.3 is 14.4 Å². The van der Waals surface area contributed by atoms with Crippen LogP contribution in [0.2, 0.25) is 0 Å². The fraction of sp³-hybridized carbons (Fsp3) is 0.524. The first-order chi connectivity index (χ1) is 15.6. The maximum atomic E-state index is 12.2. The summed E-state index contributed by atoms with van der Waals surface area (Å²) in [7, 11) is 0. The SMILES string of the molecule is CCOC(=O)CC(=O)N1CCC(C2=NC(COc3ccc(-n4cnnn4)cc3)CS2)CC1. The summed E-state index contributed by atoms with van der Waals surface area (Å²) in [6, 6.07) is 7.72. The lowest BCUT2D eigenvalue weighted by Gasteiger charge is -2.31. The summed E-state index contributed by atoms with van der Waals surface area (Å²) in [6.07, 6.45) is 3.10. The Bertz CT molecular complexity index is 942. The molecule has 0 aliphatic carbocycles. The zero-order valence-electron chi connectivity index (χ0n) is 17.9. The maximum Gasteiger partial charge on any atom is 0.315 e. The molecule has 0 radical (unpaired) electrons. The number of aliphatic imine (C=N–C) groups is 1. The predicted molar refractivity (Wildman–Crippen MR) is 119 cm³/mol. The van der Waals surface area contributed by atoms with Crippen molar-refractivity contribution in [1.82, 2.24) is 25.1 Å². The molecule has 10 nitrogen and oxygen atoms in total. The van der Waals surface area contributed by atoms with Crippen LogP contribution in [0.1, 0.15) is 26.2 Å². The highest BCUT2D eigenvalue weighted by molar-refractivity contribution is 8.14. The van der Waals surface area contributed by atoms with Crippen LogP contribution in [-0.2, 0) is 14.3 Å². The van der Waals surface area contributed by atoms with Gasteiger partial charge in [0, 0.05) is 24.8 Å². The number of hydrogen-bond acceptors (Lipinski definition) is 9. The van der Waals surface area contributed by atoms with Gasteiger partial charge in [-0.2, -0.15) is 0 Å². The Kier molecular flexibility index (Phi) is 7.35. The average Bonchev–Trinajstić information content (AvgIpc) is 3.51. The summed E-state index contributed by atoms with van der Waals surface area (Å²) in [5.74, 6) is 1.44. The van der Waals surface area contributed by atoms with Gasteiger partial charge in [-0.1, -0.05) is 0 Å². The van der Waals surface area contributed by atoms with Crippen molar-refractivity contribution >= 4 is 28.7 Å². The molecule has 2 aliphatic heterocycles. The molecular formula is C21H26N6O4S. The van der Waals surface area contributed by atoms with E-state index in [-0.39, 0.29) is 18.4 Å². The van der Waals surface area contributed by atoms with Crippen LogP contribution in [0.25, 0.3) is 5.69 Å². The molecule has 170 valence electrons. The topological polar surface area (TPSA) is 112 Å². The van der Waals surface area contributed by atoms with E-state index in [1.165, 1.54) is 0 Å². The van der Waals surface area contributed by atoms with Crippen LogP contribution in [0.4, 0.5) is 0 Å². The largest absolute Gasteiger partial charge is 0.491 e. The zero-order valence-corrected chi connectivity index (χ0v) is 18.7. The van der Waals surface area contributed by atoms with Crippen molar-refractivity contribution in [2.24, 2.45) is 10.9 Å². The Morgan fingerprint density at radius 3 is 2.66 bits per heavy atom. The molecule has 32 heavy (non-hydrogen) atoms. The number of carbonyl (C=O) groups is 2. The number of amides is 1. The van der Waals surface area contributed by atoms with Crippen molar-refractivity contribution in [3.63, 3.8) is 0 Å². The Morgan fingerprint density at radius 1 is 1.19 bits per heavy atom. The third-order valence-electron chi connectivity index (χ3n) is 5.42. The van der Waals surface area contributed by atoms with E-state index < -0.39 is 5.97 Å². The lowest BCUT2D eigenvalue weighted by atomic mass is 9.97. The minimum absolute atomic E-state index is 0.123. The number of ether oxygens (including phenoxy) is 2. The van der Waals surface area contributed by atoms with Crippen LogP contribution < -0.4 is 4.74 Å². The second-order valence-corrected chi connectivity index (χ2v) is 8.67. The molecular weight excluding hydrogens is 432 g/mol. The van der Waals surface area contributed by atoms with E-state index in [0.717, 1.165) is 35.1 Å². The number of rotatable bonds is 8. The van der Waals surface area contributed by atoms with E-state index in [1.54, 1.807) is 34.6 Å². The van der Waals surface area contributed by atoms with Crippen molar-refractivity contribution in [2.45, 2.75) is 32.2 Å². The van der Waals surface area contributed by atoms with E-state index in [1.807, 2.05) is 24.3 Å². The van der Waals surface area contributed by atoms with Crippen molar-refractivity contribution in [2.75, 3.05) is 32.1 Å². The van der Waals surface area contributed by atoms with Crippen molar-refractivity contribution in [3.8, 4) is 11.4 Å². The van der Waals surface area contributed by atoms with E-state index in [9.17, 15) is 9.59 Å². The molecule has 0 N–H and O–H groups in total. The van der Waals surface area contributed by atoms with Gasteiger partial charge in [-0.3, -0.25) is 14.6 Å². The lowest BCUT2D eigenvalue weighted by molar-refractivity contribution is -0.149. The number of esters is 1. The highest BCUT2D eigenvalue weighted by Gasteiger charge is 2.30. The monoisotopic (exact) mass is 458 g/mol. The Labute approximate surface area is 190 Å². The molecule has 0 saturated carbocycles. The normalized spacial score (nSPS) is 19.0. The number of carbonyl (C=O) groups excluding carboxylic acids is 2. The quantitative estimate of drug-likeness (QED) is 0.434. The van der Waals surface area contributed by atoms with E-state index in [2.05, 4.69) is 15.5 Å². The second-order valence-electron chi connectivity index (χ2n) is 7.63. The number of nitrogens with zero attached hydrogens (tertiary/aromatic N) is 6. The Balaban J connectivity index is 1.22. The fourth-order valence-electron chi connectivity index (χ4n) is 3.73. The zero-order chi connectivity index (χ0) is 22.3. The third-order valence-corrected chi connectivity index (χ3v) is 6.71. The molecule has 2 aliphatic rings. The van der Waals surface area contributed by atoms with Gasteiger partial charge in [0.05, 0.1) is 23.4 Å². The van der Waals surface area contributed by atoms with E-state index in [4.69, 9.17) is 14.5 Å². The van der Waals surface area contributed by atoms with Crippen LogP contribution in [0.3, 0.4) is 0 Å². The van der Waals surface area contributed by atoms with Gasteiger partial charge in [0.15, 0.2) is 0 Å². The van der Waals surface area contributed by atoms with Crippen LogP contribution in [0, 0.1) is 5.92 Å². The van der Waals surface area contributed by atoms with E-state index >= 15 is 0 Å².